The van der Waals surface area contributed by atoms with Crippen LogP contribution in [0.15, 0.2) is 65.1 Å². The van der Waals surface area contributed by atoms with Crippen molar-refractivity contribution in [3.63, 3.8) is 0 Å². The van der Waals surface area contributed by atoms with Gasteiger partial charge in [0.05, 0.1) is 11.1 Å². The number of aryl methyl sites for hydroxylation is 1. The fourth-order valence-electron chi connectivity index (χ4n) is 3.76. The molecular weight excluding hydrogens is 454 g/mol. The standard InChI is InChI=1S/C25H24BrN3O2/c1-3-29(15-18-9-4-5-10-21(18)26)25(31)20-13-19-22(27-28-23(19)14-24(20)30)12-17-8-6-7-16(2)11-17/h4-11,13-14,30H,3,12,15H2,1-2H3,(H,27,28). The summed E-state index contributed by atoms with van der Waals surface area (Å²) in [7, 11) is 0. The molecule has 1 aromatic heterocycles. The van der Waals surface area contributed by atoms with Gasteiger partial charge in [0.25, 0.3) is 5.91 Å². The Hall–Kier alpha value is -3.12. The van der Waals surface area contributed by atoms with E-state index in [9.17, 15) is 9.90 Å². The van der Waals surface area contributed by atoms with Gasteiger partial charge < -0.3 is 10.0 Å². The van der Waals surface area contributed by atoms with Crippen LogP contribution in [-0.4, -0.2) is 32.7 Å². The van der Waals surface area contributed by atoms with Gasteiger partial charge in [0.1, 0.15) is 5.75 Å². The van der Waals surface area contributed by atoms with Crippen molar-refractivity contribution in [3.05, 3.63) is 93.1 Å². The number of phenols is 1. The van der Waals surface area contributed by atoms with Gasteiger partial charge in [0.2, 0.25) is 0 Å². The number of carbonyl (C=O) groups excluding carboxylic acids is 1. The molecule has 0 saturated carbocycles. The highest BCUT2D eigenvalue weighted by atomic mass is 79.9. The summed E-state index contributed by atoms with van der Waals surface area (Å²) in [6.45, 7) is 4.98. The molecule has 0 spiro atoms. The Morgan fingerprint density at radius 2 is 1.94 bits per heavy atom. The molecule has 4 rings (SSSR count). The van der Waals surface area contributed by atoms with Crippen molar-refractivity contribution < 1.29 is 9.90 Å². The Morgan fingerprint density at radius 1 is 1.13 bits per heavy atom. The van der Waals surface area contributed by atoms with Crippen molar-refractivity contribution in [2.24, 2.45) is 0 Å². The van der Waals surface area contributed by atoms with E-state index in [-0.39, 0.29) is 17.2 Å². The molecule has 0 radical (unpaired) electrons. The number of halogens is 1. The van der Waals surface area contributed by atoms with Crippen LogP contribution in [0.4, 0.5) is 0 Å². The van der Waals surface area contributed by atoms with Crippen molar-refractivity contribution in [1.29, 1.82) is 0 Å². The predicted molar refractivity (Wildman–Crippen MR) is 126 cm³/mol. The largest absolute Gasteiger partial charge is 0.507 e. The number of nitrogens with zero attached hydrogens (tertiary/aromatic N) is 2. The molecule has 0 fully saturated rings. The summed E-state index contributed by atoms with van der Waals surface area (Å²) in [5.41, 5.74) is 5.22. The maximum absolute atomic E-state index is 13.3. The number of benzene rings is 3. The Kier molecular flexibility index (Phi) is 6.09. The van der Waals surface area contributed by atoms with Gasteiger partial charge in [-0.1, -0.05) is 64.0 Å². The molecule has 1 amide bonds. The molecular formula is C25H24BrN3O2. The van der Waals surface area contributed by atoms with Gasteiger partial charge in [-0.3, -0.25) is 9.89 Å². The smallest absolute Gasteiger partial charge is 0.257 e. The monoisotopic (exact) mass is 477 g/mol. The van der Waals surface area contributed by atoms with E-state index in [0.29, 0.717) is 25.0 Å². The summed E-state index contributed by atoms with van der Waals surface area (Å²) >= 11 is 3.55. The molecule has 0 aliphatic heterocycles. The quantitative estimate of drug-likeness (QED) is 0.380. The molecule has 1 heterocycles. The van der Waals surface area contributed by atoms with E-state index in [2.05, 4.69) is 51.3 Å². The minimum Gasteiger partial charge on any atom is -0.507 e. The van der Waals surface area contributed by atoms with Crippen molar-refractivity contribution in [3.8, 4) is 5.75 Å². The zero-order chi connectivity index (χ0) is 22.0. The lowest BCUT2D eigenvalue weighted by Crippen LogP contribution is -2.30. The Labute approximate surface area is 189 Å². The summed E-state index contributed by atoms with van der Waals surface area (Å²) in [5.74, 6) is -0.267. The topological polar surface area (TPSA) is 69.2 Å². The number of aromatic amines is 1. The number of carbonyl (C=O) groups is 1. The molecule has 4 aromatic rings. The van der Waals surface area contributed by atoms with Crippen molar-refractivity contribution in [1.82, 2.24) is 15.1 Å². The number of rotatable bonds is 6. The summed E-state index contributed by atoms with van der Waals surface area (Å²) < 4.78 is 0.955. The lowest BCUT2D eigenvalue weighted by atomic mass is 10.0. The first-order valence-electron chi connectivity index (χ1n) is 10.2. The second-order valence-electron chi connectivity index (χ2n) is 7.67. The van der Waals surface area contributed by atoms with Crippen LogP contribution in [0.5, 0.6) is 5.75 Å². The number of nitrogens with one attached hydrogen (secondary N) is 1. The molecule has 5 nitrogen and oxygen atoms in total. The van der Waals surface area contributed by atoms with Gasteiger partial charge in [0, 0.05) is 41.1 Å². The predicted octanol–water partition coefficient (Wildman–Crippen LogP) is 5.59. The normalized spacial score (nSPS) is 11.1. The van der Waals surface area contributed by atoms with E-state index < -0.39 is 0 Å². The minimum atomic E-state index is -0.208. The molecule has 0 bridgehead atoms. The van der Waals surface area contributed by atoms with Crippen molar-refractivity contribution in [2.75, 3.05) is 6.54 Å². The van der Waals surface area contributed by atoms with Gasteiger partial charge in [-0.05, 0) is 37.1 Å². The maximum Gasteiger partial charge on any atom is 0.257 e. The number of aromatic hydroxyl groups is 1. The number of phenolic OH excluding ortho intramolecular Hbond substituents is 1. The molecule has 6 heteroatoms. The van der Waals surface area contributed by atoms with Crippen LogP contribution >= 0.6 is 15.9 Å². The highest BCUT2D eigenvalue weighted by Crippen LogP contribution is 2.29. The van der Waals surface area contributed by atoms with E-state index >= 15 is 0 Å². The number of H-pyrrole nitrogens is 1. The maximum atomic E-state index is 13.3. The third kappa shape index (κ3) is 4.49. The minimum absolute atomic E-state index is 0.0586. The van der Waals surface area contributed by atoms with Crippen molar-refractivity contribution in [2.45, 2.75) is 26.8 Å². The lowest BCUT2D eigenvalue weighted by Gasteiger charge is -2.22. The van der Waals surface area contributed by atoms with Crippen LogP contribution in [0, 0.1) is 6.92 Å². The molecule has 31 heavy (non-hydrogen) atoms. The van der Waals surface area contributed by atoms with Crippen LogP contribution in [0.3, 0.4) is 0 Å². The van der Waals surface area contributed by atoms with Crippen LogP contribution in [-0.2, 0) is 13.0 Å². The number of hydrogen-bond donors (Lipinski definition) is 2. The van der Waals surface area contributed by atoms with Gasteiger partial charge >= 0.3 is 0 Å². The summed E-state index contributed by atoms with van der Waals surface area (Å²) in [6.07, 6.45) is 0.672. The van der Waals surface area contributed by atoms with Gasteiger partial charge in [-0.2, -0.15) is 5.10 Å². The molecule has 158 valence electrons. The van der Waals surface area contributed by atoms with E-state index in [4.69, 9.17) is 0 Å². The Morgan fingerprint density at radius 3 is 2.68 bits per heavy atom. The number of amides is 1. The lowest BCUT2D eigenvalue weighted by molar-refractivity contribution is 0.0749. The number of hydrogen-bond acceptors (Lipinski definition) is 3. The third-order valence-electron chi connectivity index (χ3n) is 5.43. The zero-order valence-electron chi connectivity index (χ0n) is 17.5. The first-order valence-corrected chi connectivity index (χ1v) is 11.0. The summed E-state index contributed by atoms with van der Waals surface area (Å²) in [5, 5.41) is 18.8. The molecule has 0 unspecified atom stereocenters. The van der Waals surface area contributed by atoms with Crippen LogP contribution < -0.4 is 0 Å². The first kappa shape index (κ1) is 21.1. The highest BCUT2D eigenvalue weighted by Gasteiger charge is 2.21. The molecule has 0 aliphatic rings. The van der Waals surface area contributed by atoms with E-state index in [0.717, 1.165) is 26.7 Å². The van der Waals surface area contributed by atoms with Crippen LogP contribution in [0.25, 0.3) is 10.9 Å². The van der Waals surface area contributed by atoms with Gasteiger partial charge in [0.15, 0.2) is 0 Å². The highest BCUT2D eigenvalue weighted by molar-refractivity contribution is 9.10. The molecule has 0 saturated heterocycles. The Bertz CT molecular complexity index is 1250. The Balaban J connectivity index is 1.67. The number of aromatic nitrogens is 2. The van der Waals surface area contributed by atoms with E-state index in [1.54, 1.807) is 17.0 Å². The molecule has 3 aromatic carbocycles. The third-order valence-corrected chi connectivity index (χ3v) is 6.21. The zero-order valence-corrected chi connectivity index (χ0v) is 19.1. The molecule has 0 atom stereocenters. The fraction of sp³-hybridized carbons (Fsp3) is 0.200. The average Bonchev–Trinajstić information content (AvgIpc) is 3.13. The number of fused-ring (bicyclic) bond motifs is 1. The fourth-order valence-corrected chi connectivity index (χ4v) is 4.17. The average molecular weight is 478 g/mol. The van der Waals surface area contributed by atoms with E-state index in [1.807, 2.05) is 37.3 Å². The first-order chi connectivity index (χ1) is 15.0. The van der Waals surface area contributed by atoms with Gasteiger partial charge in [-0.15, -0.1) is 0 Å². The summed E-state index contributed by atoms with van der Waals surface area (Å²) in [4.78, 5) is 15.0. The van der Waals surface area contributed by atoms with Crippen molar-refractivity contribution >= 4 is 32.7 Å². The van der Waals surface area contributed by atoms with Gasteiger partial charge in [-0.25, -0.2) is 0 Å². The summed E-state index contributed by atoms with van der Waals surface area (Å²) in [6, 6.07) is 19.5. The van der Waals surface area contributed by atoms with Crippen LogP contribution in [0.2, 0.25) is 0 Å². The van der Waals surface area contributed by atoms with Crippen LogP contribution in [0.1, 0.15) is 39.7 Å². The molecule has 0 aliphatic carbocycles. The van der Waals surface area contributed by atoms with E-state index in [1.165, 1.54) is 5.56 Å². The SMILES string of the molecule is CCN(Cc1ccccc1Br)C(=O)c1cc2c(Cc3cccc(C)c3)[nH]nc2cc1O. The molecule has 2 N–H and O–H groups in total. The second kappa shape index (κ2) is 8.94. The second-order valence-corrected chi connectivity index (χ2v) is 8.52.